The first-order valence-electron chi connectivity index (χ1n) is 23.6. The number of aliphatic hydroxyl groups excluding tert-OH is 1. The number of esters is 2. The van der Waals surface area contributed by atoms with Crippen LogP contribution in [0.2, 0.25) is 0 Å². The number of ether oxygens (including phenoxy) is 2. The van der Waals surface area contributed by atoms with Gasteiger partial charge in [-0.2, -0.15) is 0 Å². The van der Waals surface area contributed by atoms with Crippen molar-refractivity contribution in [2.24, 2.45) is 0 Å². The zero-order chi connectivity index (χ0) is 41.2. The van der Waals surface area contributed by atoms with Crippen LogP contribution in [0.5, 0.6) is 0 Å². The van der Waals surface area contributed by atoms with E-state index in [2.05, 4.69) is 38.2 Å². The SMILES string of the molecule is CCCCCCCC/C=C\CCCCCCCC(=O)OCCN(CCOC(=O)CCCCCCC/C=C\CCCCCCCC)C(=O)CCC[N+](C)(C)CCO. The van der Waals surface area contributed by atoms with E-state index in [0.717, 1.165) is 57.9 Å². The highest BCUT2D eigenvalue weighted by Gasteiger charge is 2.19. The smallest absolute Gasteiger partial charge is 0.305 e. The van der Waals surface area contributed by atoms with E-state index in [1.807, 2.05) is 14.1 Å². The van der Waals surface area contributed by atoms with Gasteiger partial charge in [-0.1, -0.05) is 141 Å². The second kappa shape index (κ2) is 41.0. The maximum atomic E-state index is 13.2. The van der Waals surface area contributed by atoms with Gasteiger partial charge in [-0.05, 0) is 64.2 Å². The van der Waals surface area contributed by atoms with Crippen molar-refractivity contribution in [1.29, 1.82) is 0 Å². The molecule has 56 heavy (non-hydrogen) atoms. The van der Waals surface area contributed by atoms with Crippen LogP contribution < -0.4 is 0 Å². The summed E-state index contributed by atoms with van der Waals surface area (Å²) in [5.74, 6) is -0.468. The van der Waals surface area contributed by atoms with E-state index in [4.69, 9.17) is 9.47 Å². The van der Waals surface area contributed by atoms with Crippen molar-refractivity contribution in [3.63, 3.8) is 0 Å². The molecule has 0 aromatic rings. The highest BCUT2D eigenvalue weighted by atomic mass is 16.5. The number of rotatable bonds is 42. The van der Waals surface area contributed by atoms with Crippen molar-refractivity contribution in [3.8, 4) is 0 Å². The quantitative estimate of drug-likeness (QED) is 0.0286. The minimum Gasteiger partial charge on any atom is -0.464 e. The van der Waals surface area contributed by atoms with Crippen molar-refractivity contribution < 1.29 is 33.4 Å². The standard InChI is InChI=1S/C48H91N2O6/c1-5-7-9-11-13-15-17-19-21-23-25-27-29-31-33-37-47(53)55-44-39-49(46(52)36-35-41-50(3,4)42-43-51)40-45-56-48(54)38-34-32-30-28-26-24-22-20-18-16-14-12-10-8-6-2/h19-22,51H,5-18,23-45H2,1-4H3/q+1/b21-19-,22-20-. The van der Waals surface area contributed by atoms with E-state index in [1.54, 1.807) is 4.90 Å². The Hall–Kier alpha value is -2.19. The number of carbonyl (C=O) groups is 3. The van der Waals surface area contributed by atoms with E-state index >= 15 is 0 Å². The van der Waals surface area contributed by atoms with Crippen molar-refractivity contribution >= 4 is 17.8 Å². The predicted molar refractivity (Wildman–Crippen MR) is 236 cm³/mol. The zero-order valence-corrected chi connectivity index (χ0v) is 37.4. The van der Waals surface area contributed by atoms with Crippen molar-refractivity contribution in [3.05, 3.63) is 24.3 Å². The van der Waals surface area contributed by atoms with Crippen LogP contribution in [0.4, 0.5) is 0 Å². The summed E-state index contributed by atoms with van der Waals surface area (Å²) >= 11 is 0. The van der Waals surface area contributed by atoms with Crippen LogP contribution in [0.1, 0.15) is 206 Å². The Bertz CT molecular complexity index is 907. The van der Waals surface area contributed by atoms with Gasteiger partial charge in [-0.3, -0.25) is 14.4 Å². The third-order valence-electron chi connectivity index (χ3n) is 10.7. The highest BCUT2D eigenvalue weighted by Crippen LogP contribution is 2.13. The lowest BCUT2D eigenvalue weighted by molar-refractivity contribution is -0.890. The van der Waals surface area contributed by atoms with Crippen molar-refractivity contribution in [2.75, 3.05) is 60.1 Å². The molecule has 0 rings (SSSR count). The number of nitrogens with zero attached hydrogens (tertiary/aromatic N) is 2. The number of aliphatic hydroxyl groups is 1. The van der Waals surface area contributed by atoms with Gasteiger partial charge in [0.25, 0.3) is 0 Å². The molecule has 328 valence electrons. The molecular formula is C48H91N2O6+. The average molecular weight is 792 g/mol. The van der Waals surface area contributed by atoms with Crippen LogP contribution in [0.25, 0.3) is 0 Å². The molecule has 0 aromatic heterocycles. The van der Waals surface area contributed by atoms with Crippen LogP contribution >= 0.6 is 0 Å². The fourth-order valence-corrected chi connectivity index (χ4v) is 6.92. The third-order valence-corrected chi connectivity index (χ3v) is 10.7. The molecule has 0 saturated heterocycles. The molecule has 1 amide bonds. The first kappa shape index (κ1) is 53.8. The molecule has 0 bridgehead atoms. The Balaban J connectivity index is 4.26. The Morgan fingerprint density at radius 1 is 0.482 bits per heavy atom. The van der Waals surface area contributed by atoms with Gasteiger partial charge in [-0.25, -0.2) is 0 Å². The van der Waals surface area contributed by atoms with Gasteiger partial charge in [0, 0.05) is 25.7 Å². The number of likely N-dealkylation sites (N-methyl/N-ethyl adjacent to an activating group) is 1. The first-order valence-corrected chi connectivity index (χ1v) is 23.6. The summed E-state index contributed by atoms with van der Waals surface area (Å²) in [6, 6.07) is 0. The van der Waals surface area contributed by atoms with Crippen LogP contribution in [0, 0.1) is 0 Å². The lowest BCUT2D eigenvalue weighted by Crippen LogP contribution is -2.43. The van der Waals surface area contributed by atoms with Gasteiger partial charge in [0.05, 0.1) is 40.3 Å². The van der Waals surface area contributed by atoms with Gasteiger partial charge in [0.2, 0.25) is 5.91 Å². The van der Waals surface area contributed by atoms with Crippen LogP contribution in [-0.4, -0.2) is 92.4 Å². The van der Waals surface area contributed by atoms with Crippen molar-refractivity contribution in [1.82, 2.24) is 4.90 Å². The lowest BCUT2D eigenvalue weighted by Gasteiger charge is -2.29. The van der Waals surface area contributed by atoms with E-state index < -0.39 is 0 Å². The fraction of sp³-hybridized carbons (Fsp3) is 0.854. The molecule has 0 aliphatic rings. The second-order valence-corrected chi connectivity index (χ2v) is 16.7. The van der Waals surface area contributed by atoms with Crippen LogP contribution in [0.15, 0.2) is 24.3 Å². The first-order chi connectivity index (χ1) is 27.3. The highest BCUT2D eigenvalue weighted by molar-refractivity contribution is 5.76. The summed E-state index contributed by atoms with van der Waals surface area (Å²) < 4.78 is 11.7. The molecule has 0 aliphatic heterocycles. The zero-order valence-electron chi connectivity index (χ0n) is 37.4. The Morgan fingerprint density at radius 2 is 0.839 bits per heavy atom. The van der Waals surface area contributed by atoms with E-state index in [1.165, 1.54) is 116 Å². The third kappa shape index (κ3) is 38.7. The molecule has 0 aliphatic carbocycles. The molecule has 0 radical (unpaired) electrons. The number of hydrogen-bond donors (Lipinski definition) is 1. The van der Waals surface area contributed by atoms with Gasteiger partial charge < -0.3 is 24.0 Å². The molecule has 1 N–H and O–H groups in total. The topological polar surface area (TPSA) is 93.1 Å². The number of quaternary nitrogens is 1. The van der Waals surface area contributed by atoms with Gasteiger partial charge in [0.1, 0.15) is 19.8 Å². The Labute approximate surface area is 346 Å². The molecule has 0 fully saturated rings. The molecule has 0 aromatic carbocycles. The second-order valence-electron chi connectivity index (χ2n) is 16.7. The average Bonchev–Trinajstić information content (AvgIpc) is 3.17. The van der Waals surface area contributed by atoms with Gasteiger partial charge in [-0.15, -0.1) is 0 Å². The number of amides is 1. The summed E-state index contributed by atoms with van der Waals surface area (Å²) in [5.41, 5.74) is 0. The van der Waals surface area contributed by atoms with Crippen LogP contribution in [-0.2, 0) is 23.9 Å². The molecule has 0 atom stereocenters. The molecule has 8 nitrogen and oxygen atoms in total. The Morgan fingerprint density at radius 3 is 1.21 bits per heavy atom. The number of allylic oxidation sites excluding steroid dienone is 4. The van der Waals surface area contributed by atoms with E-state index in [-0.39, 0.29) is 50.8 Å². The molecule has 0 spiro atoms. The normalized spacial score (nSPS) is 11.9. The molecule has 0 heterocycles. The van der Waals surface area contributed by atoms with Crippen LogP contribution in [0.3, 0.4) is 0 Å². The predicted octanol–water partition coefficient (Wildman–Crippen LogP) is 11.8. The number of carbonyl (C=O) groups excluding carboxylic acids is 3. The molecule has 8 heteroatoms. The summed E-state index contributed by atoms with van der Waals surface area (Å²) in [5, 5.41) is 9.33. The fourth-order valence-electron chi connectivity index (χ4n) is 6.92. The minimum absolute atomic E-state index is 0.0318. The van der Waals surface area contributed by atoms with E-state index in [9.17, 15) is 19.5 Å². The summed E-state index contributed by atoms with van der Waals surface area (Å²) in [6.07, 6.45) is 42.8. The number of unbranched alkanes of at least 4 members (excludes halogenated alkanes) is 22. The molecular weight excluding hydrogens is 701 g/mol. The minimum atomic E-state index is -0.218. The number of hydrogen-bond acceptors (Lipinski definition) is 6. The Kier molecular flexibility index (Phi) is 39.4. The monoisotopic (exact) mass is 792 g/mol. The maximum absolute atomic E-state index is 13.2. The molecule has 0 saturated carbocycles. The largest absolute Gasteiger partial charge is 0.464 e. The summed E-state index contributed by atoms with van der Waals surface area (Å²) in [7, 11) is 4.09. The summed E-state index contributed by atoms with van der Waals surface area (Å²) in [6.45, 7) is 6.90. The van der Waals surface area contributed by atoms with Gasteiger partial charge >= 0.3 is 11.9 Å². The maximum Gasteiger partial charge on any atom is 0.305 e. The van der Waals surface area contributed by atoms with E-state index in [0.29, 0.717) is 36.7 Å². The lowest BCUT2D eigenvalue weighted by atomic mass is 10.1. The van der Waals surface area contributed by atoms with Crippen molar-refractivity contribution in [2.45, 2.75) is 206 Å². The summed E-state index contributed by atoms with van der Waals surface area (Å²) in [4.78, 5) is 39.7. The molecule has 0 unspecified atom stereocenters. The van der Waals surface area contributed by atoms with Gasteiger partial charge in [0.15, 0.2) is 0 Å².